The van der Waals surface area contributed by atoms with E-state index < -0.39 is 23.6 Å². The summed E-state index contributed by atoms with van der Waals surface area (Å²) < 4.78 is 4.92. The number of carboxylic acids is 1. The number of allylic oxidation sites excluding steroid dienone is 1. The molecule has 0 saturated carbocycles. The number of amides is 1. The average Bonchev–Trinajstić information content (AvgIpc) is 2.83. The Morgan fingerprint density at radius 1 is 1.39 bits per heavy atom. The van der Waals surface area contributed by atoms with Crippen LogP contribution in [0.15, 0.2) is 51.3 Å². The second-order valence-electron chi connectivity index (χ2n) is 8.63. The maximum Gasteiger partial charge on any atom is 0.354 e. The molecule has 2 atom stereocenters. The fourth-order valence-corrected chi connectivity index (χ4v) is 5.42. The van der Waals surface area contributed by atoms with Gasteiger partial charge in [0.05, 0.1) is 17.8 Å². The Bertz CT molecular complexity index is 1030. The monoisotopic (exact) mass is 538 g/mol. The number of ether oxygens (including phenoxy) is 1. The Hall–Kier alpha value is -2.86. The van der Waals surface area contributed by atoms with Crippen molar-refractivity contribution in [2.24, 2.45) is 10.9 Å². The first-order valence-electron chi connectivity index (χ1n) is 11.4. The number of rotatable bonds is 13. The third-order valence-electron chi connectivity index (χ3n) is 5.52. The number of hydrogen-bond acceptors (Lipinski definition) is 10. The second kappa shape index (κ2) is 12.4. The Morgan fingerprint density at radius 2 is 2.06 bits per heavy atom. The van der Waals surface area contributed by atoms with Gasteiger partial charge in [-0.05, 0) is 43.2 Å². The van der Waals surface area contributed by atoms with Crippen LogP contribution in [0.5, 0.6) is 0 Å². The Kier molecular flexibility index (Phi) is 10.1. The molecular weight excluding hydrogens is 504 g/mol. The van der Waals surface area contributed by atoms with Crippen LogP contribution >= 0.6 is 23.5 Å². The number of esters is 1. The van der Waals surface area contributed by atoms with E-state index in [1.54, 1.807) is 5.41 Å². The fraction of sp³-hybridized carbons (Fsp3) is 0.500. The van der Waals surface area contributed by atoms with Crippen LogP contribution in [-0.2, 0) is 24.0 Å². The summed E-state index contributed by atoms with van der Waals surface area (Å²) in [6, 6.07) is -0.668. The first-order valence-corrected chi connectivity index (χ1v) is 13.3. The van der Waals surface area contributed by atoms with E-state index in [1.807, 2.05) is 13.8 Å². The molecule has 0 aromatic carbocycles. The number of fused-ring (bicyclic) bond motifs is 1. The molecule has 2 unspecified atom stereocenters. The molecule has 0 aromatic rings. The van der Waals surface area contributed by atoms with Gasteiger partial charge in [-0.2, -0.15) is 0 Å². The van der Waals surface area contributed by atoms with Crippen molar-refractivity contribution in [2.75, 3.05) is 12.9 Å². The molecule has 0 aliphatic carbocycles. The van der Waals surface area contributed by atoms with Gasteiger partial charge in [0.1, 0.15) is 22.8 Å². The number of oxime groups is 1. The van der Waals surface area contributed by atoms with Crippen molar-refractivity contribution < 1.29 is 29.1 Å². The molecular formula is C24H34N4O6S2. The maximum absolute atomic E-state index is 13.1. The molecule has 198 valence electrons. The van der Waals surface area contributed by atoms with E-state index in [0.29, 0.717) is 34.9 Å². The number of methoxy groups -OCH3 is 1. The Labute approximate surface area is 220 Å². The van der Waals surface area contributed by atoms with Crippen molar-refractivity contribution >= 4 is 47.1 Å². The first-order chi connectivity index (χ1) is 16.9. The van der Waals surface area contributed by atoms with Crippen molar-refractivity contribution in [1.29, 1.82) is 0 Å². The van der Waals surface area contributed by atoms with Gasteiger partial charge in [0, 0.05) is 5.75 Å². The topological polar surface area (TPSA) is 144 Å². The number of hydrogen-bond donors (Lipinski definition) is 3. The second-order valence-corrected chi connectivity index (χ2v) is 10.7. The number of carboxylic acid groups (broad SMARTS) is 1. The predicted octanol–water partition coefficient (Wildman–Crippen LogP) is 3.29. The van der Waals surface area contributed by atoms with Gasteiger partial charge >= 0.3 is 11.9 Å². The summed E-state index contributed by atoms with van der Waals surface area (Å²) in [7, 11) is 1.29. The van der Waals surface area contributed by atoms with Crippen LogP contribution in [0, 0.1) is 0 Å². The smallest absolute Gasteiger partial charge is 0.354 e. The van der Waals surface area contributed by atoms with Crippen LogP contribution in [0.2, 0.25) is 0 Å². The van der Waals surface area contributed by atoms with Gasteiger partial charge in [-0.1, -0.05) is 50.3 Å². The summed E-state index contributed by atoms with van der Waals surface area (Å²) in [5.74, 6) is -1.43. The third kappa shape index (κ3) is 6.47. The molecule has 2 aliphatic rings. The van der Waals surface area contributed by atoms with Gasteiger partial charge in [0.2, 0.25) is 5.60 Å². The average molecular weight is 539 g/mol. The number of nitrogens with one attached hydrogen (secondary N) is 1. The van der Waals surface area contributed by atoms with Crippen LogP contribution in [0.25, 0.3) is 0 Å². The Morgan fingerprint density at radius 3 is 2.58 bits per heavy atom. The number of nitrogens with two attached hydrogens (primary N) is 1. The zero-order valence-corrected chi connectivity index (χ0v) is 22.9. The highest BCUT2D eigenvalue weighted by molar-refractivity contribution is 8.05. The van der Waals surface area contributed by atoms with Crippen LogP contribution < -0.4 is 11.1 Å². The fourth-order valence-electron chi connectivity index (χ4n) is 3.45. The van der Waals surface area contributed by atoms with E-state index in [4.69, 9.17) is 15.3 Å². The molecule has 12 heteroatoms. The number of carbonyl (C=O) groups excluding carboxylic acids is 2. The molecule has 0 radical (unpaired) electrons. The molecule has 2 heterocycles. The molecule has 2 rings (SSSR count). The molecule has 0 spiro atoms. The maximum atomic E-state index is 13.1. The standard InChI is InChI=1S/C24H34N4O6S2/c1-8-10-16(12-35-14(4)25)17(27-34-24(5,6)23(31)32)13(3)26-18-20(29)28-19(22(30)33-7)15(9-2)11-36-21(18)28/h12,18,21,26H,3-4,8-11,25H2,1-2,5-7H3,(H,31,32)/b16-12+,27-17+. The van der Waals surface area contributed by atoms with Gasteiger partial charge in [-0.15, -0.1) is 11.8 Å². The lowest BCUT2D eigenvalue weighted by Gasteiger charge is -2.50. The van der Waals surface area contributed by atoms with Gasteiger partial charge in [-0.25, -0.2) is 9.59 Å². The van der Waals surface area contributed by atoms with Crippen molar-refractivity contribution in [3.05, 3.63) is 46.1 Å². The van der Waals surface area contributed by atoms with Gasteiger partial charge < -0.3 is 25.7 Å². The van der Waals surface area contributed by atoms with Gasteiger partial charge in [-0.3, -0.25) is 9.69 Å². The lowest BCUT2D eigenvalue weighted by atomic mass is 10.00. The summed E-state index contributed by atoms with van der Waals surface area (Å²) >= 11 is 2.73. The molecule has 4 N–H and O–H groups in total. The van der Waals surface area contributed by atoms with E-state index in [0.717, 1.165) is 12.0 Å². The summed E-state index contributed by atoms with van der Waals surface area (Å²) in [6.45, 7) is 14.4. The summed E-state index contributed by atoms with van der Waals surface area (Å²) in [5, 5.41) is 18.5. The predicted molar refractivity (Wildman–Crippen MR) is 143 cm³/mol. The quantitative estimate of drug-likeness (QED) is 0.138. The van der Waals surface area contributed by atoms with Crippen LogP contribution in [-0.4, -0.2) is 63.4 Å². The zero-order valence-electron chi connectivity index (χ0n) is 21.3. The van der Waals surface area contributed by atoms with E-state index >= 15 is 0 Å². The highest BCUT2D eigenvalue weighted by atomic mass is 32.2. The van der Waals surface area contributed by atoms with Crippen LogP contribution in [0.4, 0.5) is 0 Å². The highest BCUT2D eigenvalue weighted by Gasteiger charge is 2.54. The minimum absolute atomic E-state index is 0.268. The first kappa shape index (κ1) is 29.4. The minimum atomic E-state index is -1.59. The lowest BCUT2D eigenvalue weighted by molar-refractivity contribution is -0.161. The minimum Gasteiger partial charge on any atom is -0.478 e. The molecule has 2 aliphatic heterocycles. The molecule has 36 heavy (non-hydrogen) atoms. The summed E-state index contributed by atoms with van der Waals surface area (Å²) in [6.07, 6.45) is 1.94. The van der Waals surface area contributed by atoms with Crippen LogP contribution in [0.1, 0.15) is 47.0 Å². The molecule has 1 saturated heterocycles. The van der Waals surface area contributed by atoms with E-state index in [9.17, 15) is 19.5 Å². The van der Waals surface area contributed by atoms with Gasteiger partial charge in [0.15, 0.2) is 0 Å². The SMILES string of the molecule is C=C(N)S/C=C(CCC)/C(=N/OC(C)(C)C(=O)O)C(=C)NC1C(=O)N2C(C(=O)OC)=C(CC)CSC12. The number of nitrogens with zero attached hydrogens (tertiary/aromatic N) is 2. The van der Waals surface area contributed by atoms with E-state index in [-0.39, 0.29) is 22.7 Å². The molecule has 1 amide bonds. The lowest BCUT2D eigenvalue weighted by Crippen LogP contribution is -2.69. The molecule has 1 fully saturated rings. The summed E-state index contributed by atoms with van der Waals surface area (Å²) in [4.78, 5) is 43.9. The van der Waals surface area contributed by atoms with Crippen molar-refractivity contribution in [3.8, 4) is 0 Å². The van der Waals surface area contributed by atoms with Crippen LogP contribution in [0.3, 0.4) is 0 Å². The molecule has 0 aromatic heterocycles. The van der Waals surface area contributed by atoms with Crippen molar-refractivity contribution in [2.45, 2.75) is 64.0 Å². The zero-order chi connectivity index (χ0) is 27.2. The van der Waals surface area contributed by atoms with E-state index in [1.165, 1.54) is 49.4 Å². The number of aliphatic carboxylic acids is 1. The molecule has 0 bridgehead atoms. The van der Waals surface area contributed by atoms with E-state index in [2.05, 4.69) is 23.6 Å². The van der Waals surface area contributed by atoms with Gasteiger partial charge in [0.25, 0.3) is 5.91 Å². The molecule has 10 nitrogen and oxygen atoms in total. The highest BCUT2D eigenvalue weighted by Crippen LogP contribution is 2.41. The normalized spacial score (nSPS) is 20.4. The number of thioether (sulfide) groups is 2. The third-order valence-corrected chi connectivity index (χ3v) is 7.57. The number of carbonyl (C=O) groups is 3. The Balaban J connectivity index is 2.36. The van der Waals surface area contributed by atoms with Crippen molar-refractivity contribution in [1.82, 2.24) is 10.2 Å². The largest absolute Gasteiger partial charge is 0.478 e. The van der Waals surface area contributed by atoms with Crippen molar-refractivity contribution in [3.63, 3.8) is 0 Å². The number of β-lactam (4-membered cyclic amide) rings is 1. The summed E-state index contributed by atoms with van der Waals surface area (Å²) in [5.41, 5.74) is 6.51.